The molecule has 5 nitrogen and oxygen atoms in total. The van der Waals surface area contributed by atoms with Crippen molar-refractivity contribution in [3.63, 3.8) is 0 Å². The topological polar surface area (TPSA) is 41.5 Å². The molecule has 3 heterocycles. The van der Waals surface area contributed by atoms with Crippen molar-refractivity contribution < 1.29 is 22.3 Å². The van der Waals surface area contributed by atoms with Gasteiger partial charge in [0.2, 0.25) is 11.8 Å². The molecule has 0 aliphatic carbocycles. The number of alkyl halides is 3. The normalized spacial score (nSPS) is 21.0. The lowest BCUT2D eigenvalue weighted by atomic mass is 9.83. The van der Waals surface area contributed by atoms with E-state index < -0.39 is 17.7 Å². The first-order chi connectivity index (χ1) is 16.8. The smallest absolute Gasteiger partial charge is 0.433 e. The van der Waals surface area contributed by atoms with Crippen molar-refractivity contribution in [2.75, 3.05) is 24.5 Å². The van der Waals surface area contributed by atoms with Crippen molar-refractivity contribution in [3.8, 4) is 11.6 Å². The SMILES string of the molecule is Fc1cccc(Oc2cc(C(F)(F)F)nc(N3CCC4C(CCCN4Cc4ccccc4)C3)n2)c1. The predicted molar refractivity (Wildman–Crippen MR) is 124 cm³/mol. The molecule has 184 valence electrons. The second-order valence-electron chi connectivity index (χ2n) is 9.11. The first-order valence-electron chi connectivity index (χ1n) is 11.8. The van der Waals surface area contributed by atoms with Crippen LogP contribution in [-0.4, -0.2) is 40.5 Å². The molecule has 2 fully saturated rings. The van der Waals surface area contributed by atoms with Crippen molar-refractivity contribution in [2.24, 2.45) is 5.92 Å². The van der Waals surface area contributed by atoms with E-state index >= 15 is 0 Å². The molecule has 35 heavy (non-hydrogen) atoms. The van der Waals surface area contributed by atoms with Crippen LogP contribution >= 0.6 is 0 Å². The summed E-state index contributed by atoms with van der Waals surface area (Å²) in [6.45, 7) is 3.01. The van der Waals surface area contributed by atoms with Gasteiger partial charge in [-0.25, -0.2) is 9.37 Å². The summed E-state index contributed by atoms with van der Waals surface area (Å²) in [7, 11) is 0. The number of anilines is 1. The van der Waals surface area contributed by atoms with Crippen molar-refractivity contribution in [1.29, 1.82) is 0 Å². The van der Waals surface area contributed by atoms with Crippen molar-refractivity contribution in [1.82, 2.24) is 14.9 Å². The standard InChI is InChI=1S/C26H26F4N4O/c27-20-9-4-10-21(14-20)35-24-15-23(26(28,29)30)31-25(32-24)34-13-11-22-19(17-34)8-5-12-33(22)16-18-6-2-1-3-7-18/h1-4,6-7,9-10,14-15,19,22H,5,8,11-13,16-17H2. The van der Waals surface area contributed by atoms with Crippen LogP contribution < -0.4 is 9.64 Å². The molecule has 0 radical (unpaired) electrons. The fourth-order valence-electron chi connectivity index (χ4n) is 5.11. The second-order valence-corrected chi connectivity index (χ2v) is 9.11. The Morgan fingerprint density at radius 3 is 2.54 bits per heavy atom. The Morgan fingerprint density at radius 1 is 0.943 bits per heavy atom. The molecule has 0 amide bonds. The van der Waals surface area contributed by atoms with Crippen LogP contribution in [-0.2, 0) is 12.7 Å². The van der Waals surface area contributed by atoms with Gasteiger partial charge in [0.25, 0.3) is 0 Å². The van der Waals surface area contributed by atoms with Gasteiger partial charge in [-0.15, -0.1) is 0 Å². The molecule has 2 saturated heterocycles. The van der Waals surface area contributed by atoms with E-state index in [9.17, 15) is 17.6 Å². The fourth-order valence-corrected chi connectivity index (χ4v) is 5.11. The van der Waals surface area contributed by atoms with E-state index in [0.717, 1.165) is 44.5 Å². The molecule has 0 N–H and O–H groups in total. The highest BCUT2D eigenvalue weighted by Gasteiger charge is 2.38. The van der Waals surface area contributed by atoms with Gasteiger partial charge >= 0.3 is 6.18 Å². The molecule has 2 aromatic carbocycles. The first kappa shape index (κ1) is 23.5. The van der Waals surface area contributed by atoms with Crippen LogP contribution in [0.4, 0.5) is 23.5 Å². The summed E-state index contributed by atoms with van der Waals surface area (Å²) in [6, 6.07) is 16.7. The fraction of sp³-hybridized carbons (Fsp3) is 0.385. The van der Waals surface area contributed by atoms with E-state index in [1.165, 1.54) is 23.8 Å². The van der Waals surface area contributed by atoms with E-state index in [4.69, 9.17) is 4.74 Å². The molecule has 5 rings (SSSR count). The Labute approximate surface area is 201 Å². The van der Waals surface area contributed by atoms with E-state index in [-0.39, 0.29) is 17.6 Å². The van der Waals surface area contributed by atoms with Crippen LogP contribution in [0.15, 0.2) is 60.7 Å². The Morgan fingerprint density at radius 2 is 1.77 bits per heavy atom. The van der Waals surface area contributed by atoms with Gasteiger partial charge in [0.1, 0.15) is 11.6 Å². The second kappa shape index (κ2) is 9.81. The van der Waals surface area contributed by atoms with Crippen LogP contribution in [0.25, 0.3) is 0 Å². The Hall–Kier alpha value is -3.20. The zero-order chi connectivity index (χ0) is 24.4. The van der Waals surface area contributed by atoms with E-state index in [1.54, 1.807) is 0 Å². The van der Waals surface area contributed by atoms with Gasteiger partial charge in [0, 0.05) is 37.8 Å². The zero-order valence-corrected chi connectivity index (χ0v) is 19.1. The summed E-state index contributed by atoms with van der Waals surface area (Å²) in [5.74, 6) is -0.432. The zero-order valence-electron chi connectivity index (χ0n) is 19.1. The molecule has 0 spiro atoms. The molecule has 1 aromatic heterocycles. The summed E-state index contributed by atoms with van der Waals surface area (Å²) in [5.41, 5.74) is 0.182. The lowest BCUT2D eigenvalue weighted by Crippen LogP contribution is -2.54. The highest BCUT2D eigenvalue weighted by molar-refractivity contribution is 5.38. The lowest BCUT2D eigenvalue weighted by Gasteiger charge is -2.47. The number of nitrogens with zero attached hydrogens (tertiary/aromatic N) is 4. The summed E-state index contributed by atoms with van der Waals surface area (Å²) >= 11 is 0. The maximum Gasteiger partial charge on any atom is 0.433 e. The van der Waals surface area contributed by atoms with E-state index in [0.29, 0.717) is 25.0 Å². The average molecular weight is 487 g/mol. The molecule has 0 bridgehead atoms. The number of piperidine rings is 2. The molecular formula is C26H26F4N4O. The van der Waals surface area contributed by atoms with Crippen molar-refractivity contribution >= 4 is 5.95 Å². The van der Waals surface area contributed by atoms with Gasteiger partial charge in [-0.2, -0.15) is 18.2 Å². The van der Waals surface area contributed by atoms with Crippen LogP contribution in [0.5, 0.6) is 11.6 Å². The molecule has 9 heteroatoms. The molecule has 2 aliphatic rings. The molecule has 2 aliphatic heterocycles. The molecule has 3 aromatic rings. The summed E-state index contributed by atoms with van der Waals surface area (Å²) in [4.78, 5) is 12.4. The monoisotopic (exact) mass is 486 g/mol. The predicted octanol–water partition coefficient (Wildman–Crippen LogP) is 5.92. The minimum Gasteiger partial charge on any atom is -0.439 e. The molecule has 2 atom stereocenters. The molecule has 0 saturated carbocycles. The van der Waals surface area contributed by atoms with E-state index in [2.05, 4.69) is 27.0 Å². The number of aromatic nitrogens is 2. The van der Waals surface area contributed by atoms with Crippen LogP contribution in [0.2, 0.25) is 0 Å². The van der Waals surface area contributed by atoms with Crippen molar-refractivity contribution in [2.45, 2.75) is 38.0 Å². The number of hydrogen-bond acceptors (Lipinski definition) is 5. The number of ether oxygens (including phenoxy) is 1. The summed E-state index contributed by atoms with van der Waals surface area (Å²) < 4.78 is 59.9. The number of benzene rings is 2. The van der Waals surface area contributed by atoms with Gasteiger partial charge < -0.3 is 9.64 Å². The van der Waals surface area contributed by atoms with Gasteiger partial charge in [-0.05, 0) is 49.4 Å². The number of fused-ring (bicyclic) bond motifs is 1. The molecular weight excluding hydrogens is 460 g/mol. The Kier molecular flexibility index (Phi) is 6.60. The maximum atomic E-state index is 13.6. The van der Waals surface area contributed by atoms with Crippen LogP contribution in [0, 0.1) is 11.7 Å². The highest BCUT2D eigenvalue weighted by Crippen LogP contribution is 2.36. The third-order valence-electron chi connectivity index (χ3n) is 6.69. The summed E-state index contributed by atoms with van der Waals surface area (Å²) in [6.07, 6.45) is -1.79. The molecule has 2 unspecified atom stereocenters. The largest absolute Gasteiger partial charge is 0.439 e. The number of rotatable bonds is 5. The number of halogens is 4. The maximum absolute atomic E-state index is 13.6. The first-order valence-corrected chi connectivity index (χ1v) is 11.8. The van der Waals surface area contributed by atoms with Gasteiger partial charge in [0.05, 0.1) is 0 Å². The van der Waals surface area contributed by atoms with E-state index in [1.807, 2.05) is 23.1 Å². The highest BCUT2D eigenvalue weighted by atomic mass is 19.4. The third kappa shape index (κ3) is 5.56. The Balaban J connectivity index is 1.36. The number of likely N-dealkylation sites (tertiary alicyclic amines) is 1. The third-order valence-corrected chi connectivity index (χ3v) is 6.69. The Bertz CT molecular complexity index is 1160. The van der Waals surface area contributed by atoms with Gasteiger partial charge in [0.15, 0.2) is 5.69 Å². The average Bonchev–Trinajstić information content (AvgIpc) is 2.84. The van der Waals surface area contributed by atoms with Crippen molar-refractivity contribution in [3.05, 3.63) is 77.7 Å². The van der Waals surface area contributed by atoms with Crippen LogP contribution in [0.3, 0.4) is 0 Å². The number of hydrogen-bond donors (Lipinski definition) is 0. The quantitative estimate of drug-likeness (QED) is 0.419. The summed E-state index contributed by atoms with van der Waals surface area (Å²) in [5, 5.41) is 0. The minimum atomic E-state index is -4.66. The van der Waals surface area contributed by atoms with Gasteiger partial charge in [-0.3, -0.25) is 4.90 Å². The lowest BCUT2D eigenvalue weighted by molar-refractivity contribution is -0.141. The van der Waals surface area contributed by atoms with Crippen LogP contribution in [0.1, 0.15) is 30.5 Å². The minimum absolute atomic E-state index is 0.00939. The van der Waals surface area contributed by atoms with Gasteiger partial charge in [-0.1, -0.05) is 36.4 Å².